The maximum absolute atomic E-state index is 12.8. The minimum Gasteiger partial charge on any atom is -0.487 e. The number of benzene rings is 2. The molecule has 2 heterocycles. The fraction of sp³-hybridized carbons (Fsp3) is 0.320. The molecule has 0 N–H and O–H groups in total. The Morgan fingerprint density at radius 3 is 2.26 bits per heavy atom. The summed E-state index contributed by atoms with van der Waals surface area (Å²) in [5, 5.41) is 8.19. The maximum Gasteiger partial charge on any atom is 0.416 e. The van der Waals surface area contributed by atoms with Crippen LogP contribution in [0.1, 0.15) is 32.0 Å². The van der Waals surface area contributed by atoms with Crippen molar-refractivity contribution in [2.45, 2.75) is 38.4 Å². The van der Waals surface area contributed by atoms with Crippen LogP contribution in [-0.2, 0) is 34.1 Å². The van der Waals surface area contributed by atoms with Crippen LogP contribution in [0.3, 0.4) is 0 Å². The van der Waals surface area contributed by atoms with Gasteiger partial charge in [-0.2, -0.15) is 31.7 Å². The monoisotopic (exact) mass is 550 g/mol. The standard InChI is InChI=1S/C25H25F3N4O5S/c1-24(2,3)15-36-38(33,34)19-11-5-16(6-12-19)23-30-22(31-37-23)20-13-29-32(4)21(20)14-35-18-9-7-17(8-10-18)25(26,27)28/h5-13H,14-15H2,1-4H3. The number of nitrogens with zero attached hydrogens (tertiary/aromatic N) is 4. The molecule has 0 unspecified atom stereocenters. The molecule has 2 aromatic carbocycles. The van der Waals surface area contributed by atoms with Gasteiger partial charge in [0.1, 0.15) is 12.4 Å². The van der Waals surface area contributed by atoms with Crippen LogP contribution in [0.4, 0.5) is 13.2 Å². The predicted octanol–water partition coefficient (Wildman–Crippen LogP) is 5.49. The van der Waals surface area contributed by atoms with Gasteiger partial charge in [-0.3, -0.25) is 8.86 Å². The minimum absolute atomic E-state index is 0.000185. The zero-order valence-electron chi connectivity index (χ0n) is 21.0. The highest BCUT2D eigenvalue weighted by atomic mass is 32.2. The van der Waals surface area contributed by atoms with Crippen molar-refractivity contribution in [3.8, 4) is 28.6 Å². The lowest BCUT2D eigenvalue weighted by Crippen LogP contribution is -2.18. The molecule has 0 spiro atoms. The van der Waals surface area contributed by atoms with Gasteiger partial charge in [0.15, 0.2) is 0 Å². The molecular weight excluding hydrogens is 525 g/mol. The third-order valence-corrected chi connectivity index (χ3v) is 6.60. The lowest BCUT2D eigenvalue weighted by atomic mass is 9.99. The largest absolute Gasteiger partial charge is 0.487 e. The smallest absolute Gasteiger partial charge is 0.416 e. The fourth-order valence-corrected chi connectivity index (χ4v) is 4.36. The van der Waals surface area contributed by atoms with Gasteiger partial charge >= 0.3 is 6.18 Å². The Balaban J connectivity index is 1.48. The number of halogens is 3. The topological polar surface area (TPSA) is 109 Å². The Hall–Kier alpha value is -3.71. The van der Waals surface area contributed by atoms with Gasteiger partial charge in [-0.1, -0.05) is 25.9 Å². The molecule has 0 aliphatic rings. The fourth-order valence-electron chi connectivity index (χ4n) is 3.25. The van der Waals surface area contributed by atoms with Crippen molar-refractivity contribution in [1.29, 1.82) is 0 Å². The molecule has 0 saturated heterocycles. The number of ether oxygens (including phenoxy) is 1. The van der Waals surface area contributed by atoms with Crippen LogP contribution in [0.15, 0.2) is 64.1 Å². The molecule has 0 amide bonds. The van der Waals surface area contributed by atoms with Gasteiger partial charge in [-0.05, 0) is 53.9 Å². The number of hydrogen-bond donors (Lipinski definition) is 0. The van der Waals surface area contributed by atoms with Gasteiger partial charge < -0.3 is 9.26 Å². The van der Waals surface area contributed by atoms with Gasteiger partial charge in [0.2, 0.25) is 5.82 Å². The molecule has 0 aliphatic carbocycles. The number of aromatic nitrogens is 4. The molecule has 38 heavy (non-hydrogen) atoms. The van der Waals surface area contributed by atoms with E-state index in [1.165, 1.54) is 47.3 Å². The SMILES string of the molecule is Cn1ncc(-c2noc(-c3ccc(S(=O)(=O)OCC(C)(C)C)cc3)n2)c1COc1ccc(C(F)(F)F)cc1. The van der Waals surface area contributed by atoms with E-state index >= 15 is 0 Å². The van der Waals surface area contributed by atoms with E-state index in [2.05, 4.69) is 15.2 Å². The van der Waals surface area contributed by atoms with Gasteiger partial charge in [-0.15, -0.1) is 0 Å². The summed E-state index contributed by atoms with van der Waals surface area (Å²) in [6, 6.07) is 10.2. The van der Waals surface area contributed by atoms with E-state index in [1.807, 2.05) is 20.8 Å². The molecule has 202 valence electrons. The summed E-state index contributed by atoms with van der Waals surface area (Å²) in [6.45, 7) is 5.64. The molecule has 0 bridgehead atoms. The number of alkyl halides is 3. The summed E-state index contributed by atoms with van der Waals surface area (Å²) in [6.07, 6.45) is -2.92. The quantitative estimate of drug-likeness (QED) is 0.265. The van der Waals surface area contributed by atoms with Crippen LogP contribution >= 0.6 is 0 Å². The van der Waals surface area contributed by atoms with Crippen LogP contribution in [0, 0.1) is 5.41 Å². The lowest BCUT2D eigenvalue weighted by Gasteiger charge is -2.17. The average molecular weight is 551 g/mol. The van der Waals surface area contributed by atoms with Crippen molar-refractivity contribution >= 4 is 10.1 Å². The van der Waals surface area contributed by atoms with E-state index in [0.29, 0.717) is 16.8 Å². The molecule has 0 atom stereocenters. The van der Waals surface area contributed by atoms with E-state index in [1.54, 1.807) is 7.05 Å². The van der Waals surface area contributed by atoms with E-state index < -0.39 is 21.9 Å². The van der Waals surface area contributed by atoms with Crippen molar-refractivity contribution in [3.05, 3.63) is 66.0 Å². The van der Waals surface area contributed by atoms with Gasteiger partial charge in [-0.25, -0.2) is 0 Å². The van der Waals surface area contributed by atoms with Gasteiger partial charge in [0.05, 0.1) is 34.5 Å². The predicted molar refractivity (Wildman–Crippen MR) is 130 cm³/mol. The third kappa shape index (κ3) is 6.40. The van der Waals surface area contributed by atoms with Crippen molar-refractivity contribution in [1.82, 2.24) is 19.9 Å². The Morgan fingerprint density at radius 1 is 1.00 bits per heavy atom. The second kappa shape index (κ2) is 10.2. The summed E-state index contributed by atoms with van der Waals surface area (Å²) >= 11 is 0. The average Bonchev–Trinajstić information content (AvgIpc) is 3.48. The van der Waals surface area contributed by atoms with E-state index in [-0.39, 0.29) is 41.0 Å². The zero-order valence-corrected chi connectivity index (χ0v) is 21.8. The minimum atomic E-state index is -4.43. The summed E-state index contributed by atoms with van der Waals surface area (Å²) in [4.78, 5) is 4.39. The number of hydrogen-bond acceptors (Lipinski definition) is 8. The van der Waals surface area contributed by atoms with Crippen molar-refractivity contribution in [3.63, 3.8) is 0 Å². The van der Waals surface area contributed by atoms with Crippen molar-refractivity contribution in [2.75, 3.05) is 6.61 Å². The van der Waals surface area contributed by atoms with Crippen LogP contribution in [0.2, 0.25) is 0 Å². The highest BCUT2D eigenvalue weighted by Crippen LogP contribution is 2.31. The first-order valence-corrected chi connectivity index (χ1v) is 12.8. The Bertz CT molecular complexity index is 1500. The van der Waals surface area contributed by atoms with Crippen molar-refractivity contribution < 1.29 is 35.0 Å². The van der Waals surface area contributed by atoms with E-state index in [9.17, 15) is 21.6 Å². The molecule has 2 aromatic heterocycles. The normalized spacial score (nSPS) is 12.6. The van der Waals surface area contributed by atoms with Crippen molar-refractivity contribution in [2.24, 2.45) is 12.5 Å². The van der Waals surface area contributed by atoms with E-state index in [4.69, 9.17) is 13.4 Å². The van der Waals surface area contributed by atoms with Crippen LogP contribution in [0.25, 0.3) is 22.8 Å². The molecule has 0 saturated carbocycles. The second-order valence-electron chi connectivity index (χ2n) is 9.66. The Morgan fingerprint density at radius 2 is 1.66 bits per heavy atom. The third-order valence-electron chi connectivity index (χ3n) is 5.32. The first kappa shape index (κ1) is 27.3. The Labute approximate surface area is 217 Å². The molecule has 0 radical (unpaired) electrons. The number of rotatable bonds is 8. The lowest BCUT2D eigenvalue weighted by molar-refractivity contribution is -0.137. The summed E-state index contributed by atoms with van der Waals surface area (Å²) in [5.74, 6) is 0.614. The van der Waals surface area contributed by atoms with Crippen LogP contribution in [0.5, 0.6) is 5.75 Å². The molecule has 13 heteroatoms. The summed E-state index contributed by atoms with van der Waals surface area (Å²) in [7, 11) is -2.24. The maximum atomic E-state index is 12.8. The van der Waals surface area contributed by atoms with Crippen LogP contribution < -0.4 is 4.74 Å². The molecular formula is C25H25F3N4O5S. The molecule has 0 fully saturated rings. The summed E-state index contributed by atoms with van der Waals surface area (Å²) < 4.78 is 80.9. The zero-order chi connectivity index (χ0) is 27.7. The Kier molecular flexibility index (Phi) is 7.35. The molecule has 0 aliphatic heterocycles. The first-order chi connectivity index (χ1) is 17.7. The highest BCUT2D eigenvalue weighted by Gasteiger charge is 2.30. The van der Waals surface area contributed by atoms with Crippen LogP contribution in [-0.4, -0.2) is 34.9 Å². The molecule has 4 rings (SSSR count). The van der Waals surface area contributed by atoms with Gasteiger partial charge in [0, 0.05) is 12.6 Å². The van der Waals surface area contributed by atoms with E-state index in [0.717, 1.165) is 12.1 Å². The molecule has 4 aromatic rings. The highest BCUT2D eigenvalue weighted by molar-refractivity contribution is 7.86. The number of aryl methyl sites for hydroxylation is 1. The second-order valence-corrected chi connectivity index (χ2v) is 11.3. The van der Waals surface area contributed by atoms with Gasteiger partial charge in [0.25, 0.3) is 16.0 Å². The molecule has 9 nitrogen and oxygen atoms in total. The summed E-state index contributed by atoms with van der Waals surface area (Å²) in [5.41, 5.74) is 0.471. The first-order valence-electron chi connectivity index (χ1n) is 11.4.